The summed E-state index contributed by atoms with van der Waals surface area (Å²) in [5, 5.41) is 0. The quantitative estimate of drug-likeness (QED) is 0.0559. The van der Waals surface area contributed by atoms with E-state index in [0.29, 0.717) is 23.3 Å². The van der Waals surface area contributed by atoms with Crippen LogP contribution in [0.2, 0.25) is 0 Å². The Balaban J connectivity index is 1.34. The van der Waals surface area contributed by atoms with Gasteiger partial charge in [-0.15, -0.1) is 0 Å². The highest BCUT2D eigenvalue weighted by Crippen LogP contribution is 2.35. The van der Waals surface area contributed by atoms with Crippen LogP contribution in [0.25, 0.3) is 0 Å². The van der Waals surface area contributed by atoms with Gasteiger partial charge in [-0.05, 0) is 79.1 Å². The van der Waals surface area contributed by atoms with Crippen molar-refractivity contribution in [1.29, 1.82) is 0 Å². The van der Waals surface area contributed by atoms with Gasteiger partial charge in [0, 0.05) is 6.08 Å². The molecule has 3 unspecified atom stereocenters. The standard InChI is InChI=1S/C34H42O11/c1-5-31(35)41-20-18-39-16-17-40-19-21-42-34(38)44-28-13-9-25(10-14-28)32(36)43-27-11-7-26(8-12-27)33(37)45-30-22-24(4)6-15-29(30)23(2)3/h5,7-14,23-24,29-30H,1,6,15-22H2,2-4H3. The second-order valence-electron chi connectivity index (χ2n) is 11.0. The Bertz CT molecular complexity index is 1250. The molecule has 2 aromatic rings. The van der Waals surface area contributed by atoms with E-state index in [2.05, 4.69) is 27.4 Å². The Kier molecular flexibility index (Phi) is 14.5. The van der Waals surface area contributed by atoms with Crippen molar-refractivity contribution in [2.24, 2.45) is 17.8 Å². The van der Waals surface area contributed by atoms with Crippen LogP contribution < -0.4 is 9.47 Å². The van der Waals surface area contributed by atoms with Crippen molar-refractivity contribution in [3.05, 3.63) is 72.3 Å². The molecule has 1 fully saturated rings. The number of esters is 3. The molecule has 0 heterocycles. The van der Waals surface area contributed by atoms with Gasteiger partial charge in [0.05, 0.1) is 37.6 Å². The summed E-state index contributed by atoms with van der Waals surface area (Å²) in [4.78, 5) is 48.2. The van der Waals surface area contributed by atoms with Crippen molar-refractivity contribution in [2.45, 2.75) is 46.1 Å². The molecule has 1 saturated carbocycles. The topological polar surface area (TPSA) is 133 Å². The lowest BCUT2D eigenvalue weighted by Crippen LogP contribution is -2.35. The van der Waals surface area contributed by atoms with Gasteiger partial charge in [0.15, 0.2) is 0 Å². The second kappa shape index (κ2) is 18.6. The Morgan fingerprint density at radius 3 is 1.87 bits per heavy atom. The van der Waals surface area contributed by atoms with Crippen molar-refractivity contribution in [2.75, 3.05) is 39.6 Å². The first kappa shape index (κ1) is 35.3. The van der Waals surface area contributed by atoms with E-state index in [0.717, 1.165) is 25.3 Å². The van der Waals surface area contributed by atoms with Crippen LogP contribution in [0.4, 0.5) is 4.79 Å². The molecule has 11 heteroatoms. The average Bonchev–Trinajstić information content (AvgIpc) is 3.02. The predicted molar refractivity (Wildman–Crippen MR) is 163 cm³/mol. The Labute approximate surface area is 263 Å². The third kappa shape index (κ3) is 12.4. The molecule has 0 spiro atoms. The highest BCUT2D eigenvalue weighted by molar-refractivity contribution is 5.92. The fourth-order valence-electron chi connectivity index (χ4n) is 4.83. The number of hydrogen-bond acceptors (Lipinski definition) is 11. The molecule has 3 rings (SSSR count). The molecular formula is C34H42O11. The molecule has 1 aliphatic carbocycles. The van der Waals surface area contributed by atoms with Gasteiger partial charge in [0.25, 0.3) is 0 Å². The van der Waals surface area contributed by atoms with Gasteiger partial charge in [-0.25, -0.2) is 19.2 Å². The SMILES string of the molecule is C=CC(=O)OCCOCCOCCOC(=O)Oc1ccc(C(=O)Oc2ccc(C(=O)OC3CC(C)CCC3C(C)C)cc2)cc1. The van der Waals surface area contributed by atoms with E-state index in [4.69, 9.17) is 33.2 Å². The molecule has 0 aromatic heterocycles. The Hall–Kier alpha value is -4.22. The molecule has 0 amide bonds. The third-order valence-electron chi connectivity index (χ3n) is 7.27. The van der Waals surface area contributed by atoms with Gasteiger partial charge < -0.3 is 33.2 Å². The van der Waals surface area contributed by atoms with Crippen LogP contribution in [-0.4, -0.2) is 69.8 Å². The zero-order valence-electron chi connectivity index (χ0n) is 26.1. The van der Waals surface area contributed by atoms with Gasteiger partial charge in [-0.3, -0.25) is 0 Å². The molecule has 1 aliphatic rings. The molecule has 0 saturated heterocycles. The minimum Gasteiger partial charge on any atom is -0.460 e. The molecule has 2 aromatic carbocycles. The van der Waals surface area contributed by atoms with E-state index in [1.54, 1.807) is 24.3 Å². The van der Waals surface area contributed by atoms with Crippen LogP contribution in [0.5, 0.6) is 11.5 Å². The van der Waals surface area contributed by atoms with E-state index in [1.807, 2.05) is 0 Å². The largest absolute Gasteiger partial charge is 0.513 e. The third-order valence-corrected chi connectivity index (χ3v) is 7.27. The first-order valence-electron chi connectivity index (χ1n) is 15.1. The lowest BCUT2D eigenvalue weighted by atomic mass is 9.75. The molecule has 11 nitrogen and oxygen atoms in total. The van der Waals surface area contributed by atoms with E-state index in [9.17, 15) is 19.2 Å². The maximum absolute atomic E-state index is 12.8. The summed E-state index contributed by atoms with van der Waals surface area (Å²) < 4.78 is 36.6. The van der Waals surface area contributed by atoms with Gasteiger partial charge in [-0.2, -0.15) is 0 Å². The number of benzene rings is 2. The molecule has 0 bridgehead atoms. The van der Waals surface area contributed by atoms with Gasteiger partial charge in [0.2, 0.25) is 0 Å². The maximum atomic E-state index is 12.8. The summed E-state index contributed by atoms with van der Waals surface area (Å²) in [6, 6.07) is 12.0. The average molecular weight is 627 g/mol. The van der Waals surface area contributed by atoms with Crippen LogP contribution in [0.3, 0.4) is 0 Å². The highest BCUT2D eigenvalue weighted by Gasteiger charge is 2.33. The molecule has 0 radical (unpaired) electrons. The van der Waals surface area contributed by atoms with Gasteiger partial charge >= 0.3 is 24.1 Å². The first-order chi connectivity index (χ1) is 21.7. The lowest BCUT2D eigenvalue weighted by Gasteiger charge is -2.36. The molecular weight excluding hydrogens is 584 g/mol. The van der Waals surface area contributed by atoms with E-state index < -0.39 is 18.1 Å². The van der Waals surface area contributed by atoms with Crippen LogP contribution in [-0.2, 0) is 28.5 Å². The highest BCUT2D eigenvalue weighted by atomic mass is 16.7. The molecule has 244 valence electrons. The predicted octanol–water partition coefficient (Wildman–Crippen LogP) is 5.80. The van der Waals surface area contributed by atoms with Crippen molar-refractivity contribution >= 4 is 24.1 Å². The van der Waals surface area contributed by atoms with Crippen LogP contribution >= 0.6 is 0 Å². The summed E-state index contributed by atoms with van der Waals surface area (Å²) >= 11 is 0. The summed E-state index contributed by atoms with van der Waals surface area (Å²) in [6.07, 6.45) is 3.11. The minimum absolute atomic E-state index is 0.0328. The van der Waals surface area contributed by atoms with Gasteiger partial charge in [0.1, 0.15) is 30.8 Å². The molecule has 3 atom stereocenters. The van der Waals surface area contributed by atoms with Crippen molar-refractivity contribution in [1.82, 2.24) is 0 Å². The summed E-state index contributed by atoms with van der Waals surface area (Å²) in [5.74, 6) is 0.241. The van der Waals surface area contributed by atoms with Crippen LogP contribution in [0.1, 0.15) is 60.7 Å². The molecule has 0 N–H and O–H groups in total. The minimum atomic E-state index is -0.925. The van der Waals surface area contributed by atoms with Crippen LogP contribution in [0.15, 0.2) is 61.2 Å². The maximum Gasteiger partial charge on any atom is 0.513 e. The molecule has 0 aliphatic heterocycles. The number of carbonyl (C=O) groups is 4. The Morgan fingerprint density at radius 2 is 1.29 bits per heavy atom. The first-order valence-corrected chi connectivity index (χ1v) is 15.1. The number of carbonyl (C=O) groups excluding carboxylic acids is 4. The summed E-state index contributed by atoms with van der Waals surface area (Å²) in [7, 11) is 0. The van der Waals surface area contributed by atoms with Crippen LogP contribution in [0, 0.1) is 17.8 Å². The smallest absolute Gasteiger partial charge is 0.460 e. The van der Waals surface area contributed by atoms with Crippen molar-refractivity contribution in [3.8, 4) is 11.5 Å². The monoisotopic (exact) mass is 626 g/mol. The van der Waals surface area contributed by atoms with Crippen molar-refractivity contribution in [3.63, 3.8) is 0 Å². The van der Waals surface area contributed by atoms with E-state index >= 15 is 0 Å². The summed E-state index contributed by atoms with van der Waals surface area (Å²) in [6.45, 7) is 10.8. The normalized spacial score (nSPS) is 17.6. The van der Waals surface area contributed by atoms with E-state index in [1.165, 1.54) is 24.3 Å². The Morgan fingerprint density at radius 1 is 0.756 bits per heavy atom. The fourth-order valence-corrected chi connectivity index (χ4v) is 4.83. The van der Waals surface area contributed by atoms with Crippen molar-refractivity contribution < 1.29 is 52.3 Å². The second-order valence-corrected chi connectivity index (χ2v) is 11.0. The zero-order chi connectivity index (χ0) is 32.6. The lowest BCUT2D eigenvalue weighted by molar-refractivity contribution is -0.139. The zero-order valence-corrected chi connectivity index (χ0v) is 26.1. The van der Waals surface area contributed by atoms with Gasteiger partial charge in [-0.1, -0.05) is 33.8 Å². The summed E-state index contributed by atoms with van der Waals surface area (Å²) in [5.41, 5.74) is 0.630. The number of ether oxygens (including phenoxy) is 7. The fraction of sp³-hybridized carbons (Fsp3) is 0.471. The number of rotatable bonds is 16. The molecule has 45 heavy (non-hydrogen) atoms. The van der Waals surface area contributed by atoms with E-state index in [-0.39, 0.29) is 68.8 Å². The number of hydrogen-bond donors (Lipinski definition) is 0.